The van der Waals surface area contributed by atoms with E-state index in [-0.39, 0.29) is 6.42 Å². The van der Waals surface area contributed by atoms with Gasteiger partial charge >= 0.3 is 10.4 Å². The largest absolute Gasteiger partial charge is 0.397 e. The summed E-state index contributed by atoms with van der Waals surface area (Å²) in [5.41, 5.74) is -1.57. The molecule has 0 amide bonds. The van der Waals surface area contributed by atoms with Crippen LogP contribution in [-0.4, -0.2) is 41.0 Å². The summed E-state index contributed by atoms with van der Waals surface area (Å²) in [5.74, 6) is 3.50. The van der Waals surface area contributed by atoms with Crippen molar-refractivity contribution >= 4 is 10.4 Å². The zero-order valence-electron chi connectivity index (χ0n) is 21.9. The van der Waals surface area contributed by atoms with Gasteiger partial charge in [-0.25, -0.2) is 4.18 Å². The van der Waals surface area contributed by atoms with E-state index in [0.29, 0.717) is 42.4 Å². The van der Waals surface area contributed by atoms with Crippen LogP contribution in [0.4, 0.5) is 0 Å². The van der Waals surface area contributed by atoms with Gasteiger partial charge in [0.05, 0.1) is 17.8 Å². The van der Waals surface area contributed by atoms with Gasteiger partial charge in [0.1, 0.15) is 0 Å². The van der Waals surface area contributed by atoms with Crippen LogP contribution in [0, 0.1) is 46.3 Å². The summed E-state index contributed by atoms with van der Waals surface area (Å²) in [6.07, 6.45) is 8.60. The second-order valence-corrected chi connectivity index (χ2v) is 14.4. The second kappa shape index (κ2) is 9.27. The van der Waals surface area contributed by atoms with E-state index in [1.165, 1.54) is 38.5 Å². The average molecular weight is 501 g/mol. The Balaban J connectivity index is 1.52. The van der Waals surface area contributed by atoms with Crippen LogP contribution in [0.3, 0.4) is 0 Å². The molecular formula is C27H48O6S. The second-order valence-electron chi connectivity index (χ2n) is 13.4. The fraction of sp³-hybridized carbons (Fsp3) is 1.00. The van der Waals surface area contributed by atoms with E-state index in [1.807, 2.05) is 0 Å². The lowest BCUT2D eigenvalue weighted by Gasteiger charge is -2.65. The number of fused-ring (bicyclic) bond motifs is 5. The molecular weight excluding hydrogens is 452 g/mol. The first-order valence-electron chi connectivity index (χ1n) is 13.8. The molecule has 0 aromatic heterocycles. The normalized spacial score (nSPS) is 47.7. The molecule has 0 heterocycles. The van der Waals surface area contributed by atoms with Crippen LogP contribution < -0.4 is 0 Å². The first-order chi connectivity index (χ1) is 15.7. The van der Waals surface area contributed by atoms with Crippen LogP contribution in [0.1, 0.15) is 105 Å². The van der Waals surface area contributed by atoms with Crippen molar-refractivity contribution < 1.29 is 27.4 Å². The van der Waals surface area contributed by atoms with Gasteiger partial charge < -0.3 is 10.2 Å². The maximum atomic E-state index is 11.8. The molecule has 4 saturated carbocycles. The number of hydrogen-bond acceptors (Lipinski definition) is 5. The molecule has 7 heteroatoms. The highest BCUT2D eigenvalue weighted by atomic mass is 32.3. The SMILES string of the molecule is CC(C)CCC[C@@H](C)C1CC[C@H]2[C@@H]3C[C@@H](O)[C@@]4(O)C[C@@H](OS(=O)(=O)O)CC[C@]4(C)[C@H]3CC[C@]12C. The van der Waals surface area contributed by atoms with Crippen molar-refractivity contribution in [2.24, 2.45) is 46.3 Å². The van der Waals surface area contributed by atoms with Gasteiger partial charge in [-0.2, -0.15) is 8.42 Å². The first kappa shape index (κ1) is 26.8. The van der Waals surface area contributed by atoms with Gasteiger partial charge in [-0.1, -0.05) is 53.9 Å². The fourth-order valence-electron chi connectivity index (χ4n) is 9.52. The Morgan fingerprint density at radius 2 is 1.71 bits per heavy atom. The van der Waals surface area contributed by atoms with E-state index in [0.717, 1.165) is 24.2 Å². The first-order valence-corrected chi connectivity index (χ1v) is 15.1. The number of aliphatic hydroxyl groups is 2. The van der Waals surface area contributed by atoms with Gasteiger partial charge in [0.2, 0.25) is 0 Å². The molecule has 3 N–H and O–H groups in total. The summed E-state index contributed by atoms with van der Waals surface area (Å²) in [6.45, 7) is 11.7. The van der Waals surface area contributed by atoms with Crippen LogP contribution in [0.5, 0.6) is 0 Å². The van der Waals surface area contributed by atoms with E-state index < -0.39 is 33.6 Å². The molecule has 10 atom stereocenters. The van der Waals surface area contributed by atoms with Crippen molar-refractivity contribution in [3.8, 4) is 0 Å². The standard InChI is InChI=1S/C27H48O6S/c1-17(2)7-6-8-18(3)21-9-10-22-20-15-24(28)27(29)16-19(33-34(30,31)32)11-14-26(27,5)23(20)12-13-25(21,22)4/h17-24,28-29H,6-16H2,1-5H3,(H,30,31,32)/t18-,19+,20+,21?,22+,23+,24-,25-,26-,27+/m1/s1. The Morgan fingerprint density at radius 1 is 1.00 bits per heavy atom. The van der Waals surface area contributed by atoms with Gasteiger partial charge in [0.25, 0.3) is 0 Å². The lowest BCUT2D eigenvalue weighted by Crippen LogP contribution is -2.68. The third-order valence-electron chi connectivity index (χ3n) is 11.3. The number of hydrogen-bond donors (Lipinski definition) is 3. The monoisotopic (exact) mass is 500 g/mol. The molecule has 4 fully saturated rings. The van der Waals surface area contributed by atoms with Crippen molar-refractivity contribution in [3.63, 3.8) is 0 Å². The summed E-state index contributed by atoms with van der Waals surface area (Å²) in [7, 11) is -4.59. The average Bonchev–Trinajstić information content (AvgIpc) is 3.06. The molecule has 198 valence electrons. The molecule has 4 aliphatic rings. The molecule has 6 nitrogen and oxygen atoms in total. The molecule has 0 spiro atoms. The predicted octanol–water partition coefficient (Wildman–Crippen LogP) is 5.38. The van der Waals surface area contributed by atoms with Crippen LogP contribution in [0.25, 0.3) is 0 Å². The van der Waals surface area contributed by atoms with E-state index >= 15 is 0 Å². The van der Waals surface area contributed by atoms with E-state index in [2.05, 4.69) is 34.6 Å². The van der Waals surface area contributed by atoms with Crippen molar-refractivity contribution in [1.82, 2.24) is 0 Å². The number of rotatable bonds is 7. The molecule has 0 saturated heterocycles. The molecule has 0 aliphatic heterocycles. The molecule has 0 aromatic rings. The number of aliphatic hydroxyl groups excluding tert-OH is 1. The maximum absolute atomic E-state index is 11.8. The van der Waals surface area contributed by atoms with Crippen molar-refractivity contribution in [1.29, 1.82) is 0 Å². The predicted molar refractivity (Wildman–Crippen MR) is 132 cm³/mol. The molecule has 0 radical (unpaired) electrons. The summed E-state index contributed by atoms with van der Waals surface area (Å²) in [4.78, 5) is 0. The van der Waals surface area contributed by atoms with Crippen LogP contribution in [0.2, 0.25) is 0 Å². The minimum atomic E-state index is -4.59. The van der Waals surface area contributed by atoms with Gasteiger partial charge in [-0.05, 0) is 85.9 Å². The summed E-state index contributed by atoms with van der Waals surface area (Å²) < 4.78 is 36.6. The Bertz CT molecular complexity index is 844. The molecule has 0 aromatic carbocycles. The lowest BCUT2D eigenvalue weighted by atomic mass is 9.42. The third-order valence-corrected chi connectivity index (χ3v) is 11.8. The Morgan fingerprint density at radius 3 is 2.35 bits per heavy atom. The van der Waals surface area contributed by atoms with Crippen LogP contribution >= 0.6 is 0 Å². The third kappa shape index (κ3) is 4.51. The quantitative estimate of drug-likeness (QED) is 0.405. The Kier molecular flexibility index (Phi) is 7.32. The minimum absolute atomic E-state index is 0.0467. The Hall–Kier alpha value is -0.210. The topological polar surface area (TPSA) is 104 Å². The Labute approximate surface area is 207 Å². The zero-order valence-corrected chi connectivity index (χ0v) is 22.7. The van der Waals surface area contributed by atoms with Crippen molar-refractivity contribution in [2.45, 2.75) is 123 Å². The van der Waals surface area contributed by atoms with Gasteiger partial charge in [0, 0.05) is 11.8 Å². The molecule has 4 rings (SSSR count). The van der Waals surface area contributed by atoms with Gasteiger partial charge in [0.15, 0.2) is 0 Å². The summed E-state index contributed by atoms with van der Waals surface area (Å²) in [6, 6.07) is 0. The molecule has 4 aliphatic carbocycles. The summed E-state index contributed by atoms with van der Waals surface area (Å²) in [5, 5.41) is 23.1. The molecule has 1 unspecified atom stereocenters. The highest BCUT2D eigenvalue weighted by molar-refractivity contribution is 7.80. The van der Waals surface area contributed by atoms with Crippen LogP contribution in [0.15, 0.2) is 0 Å². The molecule has 34 heavy (non-hydrogen) atoms. The lowest BCUT2D eigenvalue weighted by molar-refractivity contribution is -0.263. The van der Waals surface area contributed by atoms with Gasteiger partial charge in [-0.15, -0.1) is 0 Å². The van der Waals surface area contributed by atoms with Crippen molar-refractivity contribution in [3.05, 3.63) is 0 Å². The zero-order chi connectivity index (χ0) is 25.1. The van der Waals surface area contributed by atoms with E-state index in [9.17, 15) is 18.6 Å². The fourth-order valence-corrected chi connectivity index (χ4v) is 10.0. The molecule has 0 bridgehead atoms. The highest BCUT2D eigenvalue weighted by Crippen LogP contribution is 2.69. The summed E-state index contributed by atoms with van der Waals surface area (Å²) >= 11 is 0. The highest BCUT2D eigenvalue weighted by Gasteiger charge is 2.67. The van der Waals surface area contributed by atoms with Crippen molar-refractivity contribution in [2.75, 3.05) is 0 Å². The van der Waals surface area contributed by atoms with E-state index in [4.69, 9.17) is 8.74 Å². The smallest absolute Gasteiger partial charge is 0.390 e. The van der Waals surface area contributed by atoms with Gasteiger partial charge in [-0.3, -0.25) is 4.55 Å². The maximum Gasteiger partial charge on any atom is 0.397 e. The van der Waals surface area contributed by atoms with Crippen LogP contribution in [-0.2, 0) is 14.6 Å². The van der Waals surface area contributed by atoms with E-state index in [1.54, 1.807) is 0 Å². The minimum Gasteiger partial charge on any atom is -0.390 e.